The Kier molecular flexibility index (Phi) is 12.3. The average molecular weight is 1270 g/mol. The number of thiophene rings is 1. The Hall–Kier alpha value is -11.3. The molecule has 0 radical (unpaired) electrons. The Morgan fingerprint density at radius 3 is 1.31 bits per heavy atom. The van der Waals surface area contributed by atoms with Crippen LogP contribution in [0.1, 0.15) is 52.7 Å². The van der Waals surface area contributed by atoms with Gasteiger partial charge < -0.3 is 9.47 Å². The fourth-order valence-electron chi connectivity index (χ4n) is 17.3. The molecule has 0 aliphatic carbocycles. The normalized spacial score (nSPS) is 13.0. The molecule has 0 N–H and O–H groups in total. The second-order valence-corrected chi connectivity index (χ2v) is 30.5. The number of rotatable bonds is 6. The van der Waals surface area contributed by atoms with Gasteiger partial charge in [-0.1, -0.05) is 284 Å². The summed E-state index contributed by atoms with van der Waals surface area (Å²) in [4.78, 5) is 2.75. The first-order valence-corrected chi connectivity index (χ1v) is 35.4. The van der Waals surface area contributed by atoms with Gasteiger partial charge in [0.2, 0.25) is 0 Å². The largest absolute Gasteiger partial charge is 0.310 e. The van der Waals surface area contributed by atoms with Crippen molar-refractivity contribution in [3.8, 4) is 61.3 Å². The molecule has 98 heavy (non-hydrogen) atoms. The molecule has 0 saturated heterocycles. The molecule has 20 rings (SSSR count). The Morgan fingerprint density at radius 2 is 0.755 bits per heavy atom. The smallest absolute Gasteiger partial charge is 0.264 e. The van der Waals surface area contributed by atoms with Crippen molar-refractivity contribution in [2.75, 3.05) is 4.90 Å². The van der Waals surface area contributed by atoms with Crippen LogP contribution in [0.4, 0.5) is 17.1 Å². The zero-order valence-corrected chi connectivity index (χ0v) is 56.5. The van der Waals surface area contributed by atoms with Gasteiger partial charge in [-0.25, -0.2) is 0 Å². The topological polar surface area (TPSA) is 8.17 Å². The first-order valence-electron chi connectivity index (χ1n) is 34.6. The number of hydrogen-bond acceptors (Lipinski definition) is 2. The fraction of sp³-hybridized carbons (Fsp3) is 0.0851. The Labute approximate surface area is 575 Å². The van der Waals surface area contributed by atoms with Crippen LogP contribution in [0.15, 0.2) is 297 Å². The highest BCUT2D eigenvalue weighted by atomic mass is 32.1. The van der Waals surface area contributed by atoms with Crippen molar-refractivity contribution in [1.29, 1.82) is 0 Å². The van der Waals surface area contributed by atoms with E-state index in [0.29, 0.717) is 0 Å². The molecule has 2 aromatic heterocycles. The van der Waals surface area contributed by atoms with Crippen LogP contribution in [0.3, 0.4) is 0 Å². The Bertz CT molecular complexity index is 6330. The van der Waals surface area contributed by atoms with Crippen molar-refractivity contribution in [1.82, 2.24) is 4.57 Å². The highest BCUT2D eigenvalue weighted by Crippen LogP contribution is 2.55. The minimum absolute atomic E-state index is 0.115. The number of anilines is 3. The monoisotopic (exact) mass is 1270 g/mol. The molecule has 18 aromatic rings. The predicted octanol–water partition coefficient (Wildman–Crippen LogP) is 24.5. The predicted molar refractivity (Wildman–Crippen MR) is 425 cm³/mol. The highest BCUT2D eigenvalue weighted by molar-refractivity contribution is 7.33. The molecule has 2 aliphatic heterocycles. The SMILES string of the molecule is CC(C)(C)c1ccc(N2c3cc(-c4c(-c5ccccc5)cc(-c5ccccc5)cc4-c4ccccc4)cc4c3B(c3sc5ccc(C(C)(C)C)cc5c32)c2cc3c5ccccc5c5ccccc5c3c3c5c6c7ccccc7c7ccccc7c6ccc5n-4c23)c(-c2ccccc2)c1. The molecule has 0 atom stereocenters. The Balaban J connectivity index is 1.05. The number of fused-ring (bicyclic) bond motifs is 23. The van der Waals surface area contributed by atoms with Crippen molar-refractivity contribution < 1.29 is 0 Å². The quantitative estimate of drug-likeness (QED) is 0.119. The van der Waals surface area contributed by atoms with Gasteiger partial charge in [0.25, 0.3) is 6.71 Å². The van der Waals surface area contributed by atoms with Gasteiger partial charge in [-0.2, -0.15) is 0 Å². The molecule has 0 bridgehead atoms. The minimum Gasteiger partial charge on any atom is -0.310 e. The van der Waals surface area contributed by atoms with Crippen molar-refractivity contribution >= 4 is 147 Å². The minimum atomic E-state index is -0.176. The maximum atomic E-state index is 2.77. The first-order chi connectivity index (χ1) is 47.9. The molecule has 16 aromatic carbocycles. The van der Waals surface area contributed by atoms with Crippen molar-refractivity contribution in [3.63, 3.8) is 0 Å². The van der Waals surface area contributed by atoms with E-state index in [1.807, 2.05) is 11.3 Å². The van der Waals surface area contributed by atoms with Gasteiger partial charge in [-0.15, -0.1) is 11.3 Å². The second kappa shape index (κ2) is 21.1. The lowest BCUT2D eigenvalue weighted by molar-refractivity contribution is 0.590. The molecule has 2 aliphatic rings. The summed E-state index contributed by atoms with van der Waals surface area (Å²) >= 11 is 2.00. The number of nitrogens with zero attached hydrogens (tertiary/aromatic N) is 2. The summed E-state index contributed by atoms with van der Waals surface area (Å²) in [6, 6.07) is 114. The summed E-state index contributed by atoms with van der Waals surface area (Å²) in [5.41, 5.74) is 24.1. The molecule has 0 fully saturated rings. The van der Waals surface area contributed by atoms with Crippen molar-refractivity contribution in [2.24, 2.45) is 0 Å². The van der Waals surface area contributed by atoms with E-state index < -0.39 is 0 Å². The van der Waals surface area contributed by atoms with Gasteiger partial charge in [-0.05, 0) is 191 Å². The van der Waals surface area contributed by atoms with Gasteiger partial charge in [0.15, 0.2) is 0 Å². The van der Waals surface area contributed by atoms with E-state index in [-0.39, 0.29) is 17.5 Å². The maximum absolute atomic E-state index is 2.77. The number of hydrogen-bond donors (Lipinski definition) is 0. The lowest BCUT2D eigenvalue weighted by Crippen LogP contribution is -2.59. The molecule has 2 nitrogen and oxygen atoms in total. The summed E-state index contributed by atoms with van der Waals surface area (Å²) in [7, 11) is 0. The third-order valence-corrected chi connectivity index (χ3v) is 23.0. The standard InChI is InChI=1S/C94H67BN2S/c1-93(2,3)62-43-46-79(73(53-62)57-29-13-8-14-30-57)96-81-51-61(84-74(58-31-15-9-16-32-58)49-60(56-27-11-7-12-28-56)50-75(84)59-33-17-10-18-34-59)52-82-89(81)95(92-90(96)77-54-63(94(4,5)6)44-48-83(77)98-92)78-55-76-69-40-22-20-36-65(69)67-38-24-26-42-71(67)86(76)88-87-80(97(82)91(78)88)47-45-72-68-39-21-19-35-64(68)66-37-23-25-41-70(66)85(72)87/h7-55H,1-6H3. The molecule has 4 heterocycles. The van der Waals surface area contributed by atoms with E-state index in [0.717, 1.165) is 11.3 Å². The highest BCUT2D eigenvalue weighted by Gasteiger charge is 2.46. The van der Waals surface area contributed by atoms with E-state index >= 15 is 0 Å². The van der Waals surface area contributed by atoms with Gasteiger partial charge in [0, 0.05) is 53.3 Å². The summed E-state index contributed by atoms with van der Waals surface area (Å²) in [6.07, 6.45) is 0. The molecule has 0 spiro atoms. The van der Waals surface area contributed by atoms with Crippen LogP contribution in [0, 0.1) is 0 Å². The van der Waals surface area contributed by atoms with Crippen LogP contribution in [0.2, 0.25) is 0 Å². The van der Waals surface area contributed by atoms with Crippen LogP contribution in [0.25, 0.3) is 158 Å². The number of benzene rings is 16. The number of aromatic nitrogens is 1. The molecule has 0 unspecified atom stereocenters. The van der Waals surface area contributed by atoms with E-state index in [1.165, 1.54) is 190 Å². The van der Waals surface area contributed by atoms with E-state index in [1.54, 1.807) is 0 Å². The third kappa shape index (κ3) is 8.28. The lowest BCUT2D eigenvalue weighted by Gasteiger charge is -2.40. The second-order valence-electron chi connectivity index (χ2n) is 29.4. The van der Waals surface area contributed by atoms with Crippen LogP contribution < -0.4 is 20.6 Å². The van der Waals surface area contributed by atoms with E-state index in [2.05, 4.69) is 348 Å². The van der Waals surface area contributed by atoms with Crippen LogP contribution >= 0.6 is 11.3 Å². The molecule has 0 amide bonds. The van der Waals surface area contributed by atoms with Gasteiger partial charge in [0.1, 0.15) is 0 Å². The third-order valence-electron chi connectivity index (χ3n) is 21.8. The zero-order chi connectivity index (χ0) is 65.4. The first kappa shape index (κ1) is 57.0. The molecular formula is C94H67BN2S. The summed E-state index contributed by atoms with van der Waals surface area (Å²) in [5, 5.41) is 19.2. The molecule has 4 heteroatoms. The lowest BCUT2D eigenvalue weighted by atomic mass is 9.36. The van der Waals surface area contributed by atoms with Crippen LogP contribution in [-0.2, 0) is 10.8 Å². The van der Waals surface area contributed by atoms with E-state index in [4.69, 9.17) is 0 Å². The molecule has 0 saturated carbocycles. The van der Waals surface area contributed by atoms with Crippen LogP contribution in [0.5, 0.6) is 0 Å². The zero-order valence-electron chi connectivity index (χ0n) is 55.7. The molecule has 462 valence electrons. The van der Waals surface area contributed by atoms with Crippen LogP contribution in [-0.4, -0.2) is 11.3 Å². The maximum Gasteiger partial charge on any atom is 0.264 e. The van der Waals surface area contributed by atoms with E-state index in [9.17, 15) is 0 Å². The van der Waals surface area contributed by atoms with Crippen molar-refractivity contribution in [3.05, 3.63) is 308 Å². The molecular weight excluding hydrogens is 1200 g/mol. The summed E-state index contributed by atoms with van der Waals surface area (Å²) in [6.45, 7) is 14.0. The summed E-state index contributed by atoms with van der Waals surface area (Å²) < 4.78 is 5.41. The fourth-order valence-corrected chi connectivity index (χ4v) is 18.6. The average Bonchev–Trinajstić information content (AvgIpc) is 1.45. The van der Waals surface area contributed by atoms with Gasteiger partial charge in [0.05, 0.1) is 22.4 Å². The van der Waals surface area contributed by atoms with Gasteiger partial charge >= 0.3 is 0 Å². The Morgan fingerprint density at radius 1 is 0.306 bits per heavy atom. The van der Waals surface area contributed by atoms with Crippen molar-refractivity contribution in [2.45, 2.75) is 52.4 Å². The summed E-state index contributed by atoms with van der Waals surface area (Å²) in [5.74, 6) is 0. The van der Waals surface area contributed by atoms with Gasteiger partial charge in [-0.3, -0.25) is 0 Å².